The highest BCUT2D eigenvalue weighted by molar-refractivity contribution is 7.80. The van der Waals surface area contributed by atoms with Crippen molar-refractivity contribution in [3.05, 3.63) is 28.8 Å². The molecule has 0 fully saturated rings. The van der Waals surface area contributed by atoms with E-state index in [1.807, 2.05) is 6.92 Å². The van der Waals surface area contributed by atoms with Gasteiger partial charge in [0.1, 0.15) is 10.7 Å². The van der Waals surface area contributed by atoms with Crippen molar-refractivity contribution < 1.29 is 9.84 Å². The Bertz CT molecular complexity index is 384. The van der Waals surface area contributed by atoms with E-state index in [-0.39, 0.29) is 17.5 Å². The predicted octanol–water partition coefficient (Wildman–Crippen LogP) is 1.98. The van der Waals surface area contributed by atoms with Gasteiger partial charge in [0.05, 0.1) is 12.2 Å². The number of halogens is 1. The van der Waals surface area contributed by atoms with Crippen LogP contribution < -0.4 is 10.5 Å². The van der Waals surface area contributed by atoms with Crippen molar-refractivity contribution in [2.75, 3.05) is 13.2 Å². The van der Waals surface area contributed by atoms with Gasteiger partial charge < -0.3 is 15.6 Å². The summed E-state index contributed by atoms with van der Waals surface area (Å²) in [7, 11) is 0. The lowest BCUT2D eigenvalue weighted by Gasteiger charge is -2.13. The van der Waals surface area contributed by atoms with Crippen molar-refractivity contribution in [3.8, 4) is 5.75 Å². The van der Waals surface area contributed by atoms with E-state index < -0.39 is 0 Å². The number of hydrogen-bond donors (Lipinski definition) is 2. The summed E-state index contributed by atoms with van der Waals surface area (Å²) < 4.78 is 5.52. The standard InChI is InChI=1S/C11H14ClNO2S/c1-7(5-14)6-15-10-4-8(12)2-3-9(10)11(13)16/h2-4,7,14H,5-6H2,1H3,(H2,13,16). The lowest BCUT2D eigenvalue weighted by molar-refractivity contribution is 0.174. The zero-order chi connectivity index (χ0) is 12.1. The van der Waals surface area contributed by atoms with Gasteiger partial charge in [-0.15, -0.1) is 0 Å². The zero-order valence-corrected chi connectivity index (χ0v) is 10.5. The second-order valence-corrected chi connectivity index (χ2v) is 4.48. The second-order valence-electron chi connectivity index (χ2n) is 3.60. The Labute approximate surface area is 105 Å². The SMILES string of the molecule is CC(CO)COc1cc(Cl)ccc1C(N)=S. The molecule has 1 rings (SSSR count). The first-order valence-corrected chi connectivity index (χ1v) is 5.66. The molecule has 1 unspecified atom stereocenters. The van der Waals surface area contributed by atoms with E-state index in [0.29, 0.717) is 22.9 Å². The van der Waals surface area contributed by atoms with Crippen LogP contribution in [0.2, 0.25) is 5.02 Å². The third-order valence-electron chi connectivity index (χ3n) is 2.04. The Kier molecular flexibility index (Phi) is 4.99. The first kappa shape index (κ1) is 13.2. The van der Waals surface area contributed by atoms with Crippen molar-refractivity contribution in [2.24, 2.45) is 11.7 Å². The highest BCUT2D eigenvalue weighted by Crippen LogP contribution is 2.23. The van der Waals surface area contributed by atoms with Crippen LogP contribution in [0.1, 0.15) is 12.5 Å². The molecular formula is C11H14ClNO2S. The number of aliphatic hydroxyl groups is 1. The molecule has 1 atom stereocenters. The van der Waals surface area contributed by atoms with Gasteiger partial charge in [0.2, 0.25) is 0 Å². The average molecular weight is 260 g/mol. The maximum Gasteiger partial charge on any atom is 0.130 e. The van der Waals surface area contributed by atoms with Gasteiger partial charge in [-0.25, -0.2) is 0 Å². The third kappa shape index (κ3) is 3.63. The van der Waals surface area contributed by atoms with Crippen molar-refractivity contribution in [3.63, 3.8) is 0 Å². The number of aliphatic hydroxyl groups excluding tert-OH is 1. The van der Waals surface area contributed by atoms with Gasteiger partial charge in [-0.1, -0.05) is 30.7 Å². The van der Waals surface area contributed by atoms with Crippen LogP contribution in [0.4, 0.5) is 0 Å². The van der Waals surface area contributed by atoms with Gasteiger partial charge in [0.15, 0.2) is 0 Å². The van der Waals surface area contributed by atoms with Gasteiger partial charge in [-0.2, -0.15) is 0 Å². The quantitative estimate of drug-likeness (QED) is 0.794. The molecule has 0 aliphatic heterocycles. The Morgan fingerprint density at radius 2 is 2.31 bits per heavy atom. The molecule has 1 aromatic carbocycles. The topological polar surface area (TPSA) is 55.5 Å². The predicted molar refractivity (Wildman–Crippen MR) is 69.1 cm³/mol. The summed E-state index contributed by atoms with van der Waals surface area (Å²) in [5, 5.41) is 9.45. The van der Waals surface area contributed by atoms with Crippen LogP contribution in [-0.2, 0) is 0 Å². The van der Waals surface area contributed by atoms with E-state index in [1.165, 1.54) is 0 Å². The van der Waals surface area contributed by atoms with E-state index in [1.54, 1.807) is 18.2 Å². The van der Waals surface area contributed by atoms with Crippen LogP contribution in [0.5, 0.6) is 5.75 Å². The van der Waals surface area contributed by atoms with Crippen LogP contribution in [0.25, 0.3) is 0 Å². The molecule has 1 aromatic rings. The van der Waals surface area contributed by atoms with Crippen LogP contribution in [0, 0.1) is 5.92 Å². The smallest absolute Gasteiger partial charge is 0.130 e. The minimum absolute atomic E-state index is 0.0539. The van der Waals surface area contributed by atoms with E-state index >= 15 is 0 Å². The molecule has 0 amide bonds. The maximum absolute atomic E-state index is 8.89. The zero-order valence-electron chi connectivity index (χ0n) is 8.94. The fourth-order valence-corrected chi connectivity index (χ4v) is 1.43. The van der Waals surface area contributed by atoms with E-state index in [9.17, 15) is 0 Å². The average Bonchev–Trinajstić information content (AvgIpc) is 2.25. The molecule has 3 nitrogen and oxygen atoms in total. The summed E-state index contributed by atoms with van der Waals surface area (Å²) >= 11 is 10.8. The number of nitrogens with two attached hydrogens (primary N) is 1. The van der Waals surface area contributed by atoms with Crippen molar-refractivity contribution in [1.82, 2.24) is 0 Å². The fraction of sp³-hybridized carbons (Fsp3) is 0.364. The van der Waals surface area contributed by atoms with Crippen LogP contribution >= 0.6 is 23.8 Å². The van der Waals surface area contributed by atoms with E-state index in [0.717, 1.165) is 0 Å². The van der Waals surface area contributed by atoms with Crippen molar-refractivity contribution >= 4 is 28.8 Å². The molecule has 0 aromatic heterocycles. The van der Waals surface area contributed by atoms with Crippen LogP contribution in [-0.4, -0.2) is 23.3 Å². The first-order valence-electron chi connectivity index (χ1n) is 4.87. The fourth-order valence-electron chi connectivity index (χ4n) is 1.10. The molecule has 0 saturated heterocycles. The number of rotatable bonds is 5. The molecule has 0 aliphatic rings. The van der Waals surface area contributed by atoms with Gasteiger partial charge in [-0.05, 0) is 18.2 Å². The maximum atomic E-state index is 8.89. The number of ether oxygens (including phenoxy) is 1. The molecule has 88 valence electrons. The Morgan fingerprint density at radius 1 is 1.62 bits per heavy atom. The minimum Gasteiger partial charge on any atom is -0.492 e. The normalized spacial score (nSPS) is 12.2. The molecule has 0 saturated carbocycles. The second kappa shape index (κ2) is 6.03. The molecule has 0 radical (unpaired) electrons. The van der Waals surface area contributed by atoms with Crippen LogP contribution in [0.15, 0.2) is 18.2 Å². The van der Waals surface area contributed by atoms with Gasteiger partial charge in [-0.3, -0.25) is 0 Å². The summed E-state index contributed by atoms with van der Waals surface area (Å²) in [6, 6.07) is 5.10. The summed E-state index contributed by atoms with van der Waals surface area (Å²) in [5.41, 5.74) is 6.22. The number of benzene rings is 1. The summed E-state index contributed by atoms with van der Waals surface area (Å²) in [6.45, 7) is 2.35. The molecule has 0 bridgehead atoms. The van der Waals surface area contributed by atoms with Gasteiger partial charge >= 0.3 is 0 Å². The van der Waals surface area contributed by atoms with Crippen molar-refractivity contribution in [2.45, 2.75) is 6.92 Å². The largest absolute Gasteiger partial charge is 0.492 e. The highest BCUT2D eigenvalue weighted by Gasteiger charge is 2.09. The highest BCUT2D eigenvalue weighted by atomic mass is 35.5. The summed E-state index contributed by atoms with van der Waals surface area (Å²) in [6.07, 6.45) is 0. The molecular weight excluding hydrogens is 246 g/mol. The van der Waals surface area contributed by atoms with Gasteiger partial charge in [0.25, 0.3) is 0 Å². The third-order valence-corrected chi connectivity index (χ3v) is 2.50. The molecule has 0 aliphatic carbocycles. The van der Waals surface area contributed by atoms with Crippen LogP contribution in [0.3, 0.4) is 0 Å². The van der Waals surface area contributed by atoms with E-state index in [4.69, 9.17) is 39.4 Å². The van der Waals surface area contributed by atoms with E-state index in [2.05, 4.69) is 0 Å². The Balaban J connectivity index is 2.84. The number of hydrogen-bond acceptors (Lipinski definition) is 3. The first-order chi connectivity index (χ1) is 7.54. The van der Waals surface area contributed by atoms with Gasteiger partial charge in [0, 0.05) is 17.5 Å². The molecule has 5 heteroatoms. The minimum atomic E-state index is 0.0539. The molecule has 0 heterocycles. The Hall–Kier alpha value is -0.840. The monoisotopic (exact) mass is 259 g/mol. The summed E-state index contributed by atoms with van der Waals surface area (Å²) in [4.78, 5) is 0.267. The molecule has 0 spiro atoms. The molecule has 16 heavy (non-hydrogen) atoms. The lowest BCUT2D eigenvalue weighted by atomic mass is 10.2. The summed E-state index contributed by atoms with van der Waals surface area (Å²) in [5.74, 6) is 0.610. The number of thiocarbonyl (C=S) groups is 1. The Morgan fingerprint density at radius 3 is 2.88 bits per heavy atom. The lowest BCUT2D eigenvalue weighted by Crippen LogP contribution is -2.16. The molecule has 3 N–H and O–H groups in total. The van der Waals surface area contributed by atoms with Crippen molar-refractivity contribution in [1.29, 1.82) is 0 Å².